The molecule has 0 aromatic heterocycles. The van der Waals surface area contributed by atoms with Gasteiger partial charge in [0, 0.05) is 36.6 Å². The van der Waals surface area contributed by atoms with E-state index in [1.165, 1.54) is 5.56 Å². The molecule has 2 aromatic rings. The summed E-state index contributed by atoms with van der Waals surface area (Å²) in [5, 5.41) is 0.824. The third-order valence-corrected chi connectivity index (χ3v) is 5.80. The zero-order chi connectivity index (χ0) is 22.1. The second-order valence-corrected chi connectivity index (χ2v) is 8.77. The molecule has 31 heavy (non-hydrogen) atoms. The summed E-state index contributed by atoms with van der Waals surface area (Å²) in [6.45, 7) is 14.1. The molecular formula is C25H35LiO4P. The van der Waals surface area contributed by atoms with Gasteiger partial charge in [-0.05, 0) is 59.7 Å². The van der Waals surface area contributed by atoms with Gasteiger partial charge in [-0.15, -0.1) is 0 Å². The third-order valence-electron chi connectivity index (χ3n) is 4.58. The Morgan fingerprint density at radius 3 is 1.68 bits per heavy atom. The molecule has 1 radical (unpaired) electrons. The summed E-state index contributed by atoms with van der Waals surface area (Å²) in [6.07, 6.45) is 2.69. The topological polar surface area (TPSA) is 44.8 Å². The van der Waals surface area contributed by atoms with Crippen LogP contribution in [0.2, 0.25) is 0 Å². The number of hydrogen-bond acceptors (Lipinski definition) is 4. The predicted molar refractivity (Wildman–Crippen MR) is 132 cm³/mol. The summed E-state index contributed by atoms with van der Waals surface area (Å²) in [4.78, 5) is 13.3. The fraction of sp³-hybridized carbons (Fsp3) is 0.480. The molecule has 2 rings (SSSR count). The van der Waals surface area contributed by atoms with E-state index >= 15 is 0 Å². The molecule has 1 unspecified atom stereocenters. The zero-order valence-corrected chi connectivity index (χ0v) is 21.2. The molecule has 6 heteroatoms. The van der Waals surface area contributed by atoms with E-state index < -0.39 is 0 Å². The maximum atomic E-state index is 13.3. The normalized spacial score (nSPS) is 10.8. The van der Waals surface area contributed by atoms with Gasteiger partial charge >= 0.3 is 0 Å². The van der Waals surface area contributed by atoms with Crippen molar-refractivity contribution < 1.29 is 19.0 Å². The average molecular weight is 437 g/mol. The van der Waals surface area contributed by atoms with Crippen LogP contribution in [0.15, 0.2) is 24.3 Å². The van der Waals surface area contributed by atoms with Crippen molar-refractivity contribution in [1.82, 2.24) is 0 Å². The van der Waals surface area contributed by atoms with Gasteiger partial charge < -0.3 is 14.2 Å². The fourth-order valence-electron chi connectivity index (χ4n) is 3.36. The predicted octanol–water partition coefficient (Wildman–Crippen LogP) is 5.74. The van der Waals surface area contributed by atoms with Crippen molar-refractivity contribution in [2.75, 3.05) is 19.8 Å². The summed E-state index contributed by atoms with van der Waals surface area (Å²) in [7, 11) is -0.0803. The first-order valence-corrected chi connectivity index (χ1v) is 11.9. The SMILES string of the molecule is CCCOc1cc(OCCC)c(PC(=O)c2c(C)cc(C)cc2C)c(OCCC)c1.[Li]. The van der Waals surface area contributed by atoms with Gasteiger partial charge in [0.15, 0.2) is 5.52 Å². The fourth-order valence-corrected chi connectivity index (χ4v) is 4.64. The van der Waals surface area contributed by atoms with E-state index in [2.05, 4.69) is 39.8 Å². The van der Waals surface area contributed by atoms with Gasteiger partial charge in [0.25, 0.3) is 0 Å². The number of carbonyl (C=O) groups is 1. The Bertz CT molecular complexity index is 815. The van der Waals surface area contributed by atoms with E-state index in [1.807, 2.05) is 26.0 Å². The summed E-state index contributed by atoms with van der Waals surface area (Å²) < 4.78 is 17.9. The molecule has 0 aliphatic rings. The van der Waals surface area contributed by atoms with E-state index in [0.29, 0.717) is 31.3 Å². The molecule has 0 saturated carbocycles. The first-order valence-electron chi connectivity index (χ1n) is 10.9. The number of carbonyl (C=O) groups excluding carboxylic acids is 1. The van der Waals surface area contributed by atoms with Gasteiger partial charge in [-0.1, -0.05) is 38.5 Å². The van der Waals surface area contributed by atoms with E-state index in [9.17, 15) is 4.79 Å². The Labute approximate surface area is 201 Å². The number of hydrogen-bond donors (Lipinski definition) is 0. The van der Waals surface area contributed by atoms with Crippen LogP contribution < -0.4 is 19.5 Å². The minimum atomic E-state index is -0.0803. The first-order chi connectivity index (χ1) is 14.4. The van der Waals surface area contributed by atoms with E-state index in [4.69, 9.17) is 14.2 Å². The van der Waals surface area contributed by atoms with E-state index in [-0.39, 0.29) is 33.0 Å². The average Bonchev–Trinajstić information content (AvgIpc) is 2.69. The second-order valence-electron chi connectivity index (χ2n) is 7.57. The molecule has 0 aliphatic heterocycles. The Balaban J connectivity index is 0.00000480. The Morgan fingerprint density at radius 1 is 0.774 bits per heavy atom. The molecule has 0 aliphatic carbocycles. The molecule has 0 heterocycles. The van der Waals surface area contributed by atoms with Crippen LogP contribution in [-0.2, 0) is 0 Å². The molecule has 0 spiro atoms. The Kier molecular flexibility index (Phi) is 12.3. The standard InChI is InChI=1S/C25H35O4P.Li/c1-7-10-27-20-15-21(28-11-8-2)24(22(16-20)29-12-9-3)30-25(26)23-18(5)13-17(4)14-19(23)6;/h13-16,30H,7-12H2,1-6H3;. The zero-order valence-electron chi connectivity index (χ0n) is 20.2. The smallest absolute Gasteiger partial charge is 0.186 e. The summed E-state index contributed by atoms with van der Waals surface area (Å²) >= 11 is 0. The van der Waals surface area contributed by atoms with Crippen LogP contribution in [0.25, 0.3) is 0 Å². The molecule has 1 atom stereocenters. The Hall–Kier alpha value is -1.46. The van der Waals surface area contributed by atoms with Crippen molar-refractivity contribution in [3.63, 3.8) is 0 Å². The molecule has 0 bridgehead atoms. The molecule has 4 nitrogen and oxygen atoms in total. The minimum Gasteiger partial charge on any atom is -0.493 e. The van der Waals surface area contributed by atoms with Gasteiger partial charge in [-0.3, -0.25) is 4.79 Å². The van der Waals surface area contributed by atoms with Crippen LogP contribution in [0, 0.1) is 20.8 Å². The van der Waals surface area contributed by atoms with Crippen molar-refractivity contribution in [3.05, 3.63) is 46.5 Å². The van der Waals surface area contributed by atoms with Crippen LogP contribution in [0.1, 0.15) is 67.1 Å². The van der Waals surface area contributed by atoms with E-state index in [0.717, 1.165) is 47.0 Å². The molecule has 165 valence electrons. The number of rotatable bonds is 12. The number of aryl methyl sites for hydroxylation is 3. The van der Waals surface area contributed by atoms with Crippen molar-refractivity contribution in [2.24, 2.45) is 0 Å². The Morgan fingerprint density at radius 2 is 1.23 bits per heavy atom. The van der Waals surface area contributed by atoms with Crippen LogP contribution in [0.4, 0.5) is 0 Å². The molecule has 0 fully saturated rings. The monoisotopic (exact) mass is 437 g/mol. The maximum Gasteiger partial charge on any atom is 0.186 e. The van der Waals surface area contributed by atoms with Crippen molar-refractivity contribution in [3.8, 4) is 17.2 Å². The van der Waals surface area contributed by atoms with E-state index in [1.54, 1.807) is 0 Å². The molecule has 0 amide bonds. The maximum absolute atomic E-state index is 13.3. The first kappa shape index (κ1) is 27.6. The van der Waals surface area contributed by atoms with Crippen molar-refractivity contribution in [1.29, 1.82) is 0 Å². The summed E-state index contributed by atoms with van der Waals surface area (Å²) in [5.41, 5.74) is 4.10. The molecule has 0 N–H and O–H groups in total. The molecular weight excluding hydrogens is 402 g/mol. The minimum absolute atomic E-state index is 0. The van der Waals surface area contributed by atoms with Crippen LogP contribution >= 0.6 is 8.58 Å². The van der Waals surface area contributed by atoms with Crippen LogP contribution in [-0.4, -0.2) is 44.2 Å². The van der Waals surface area contributed by atoms with Gasteiger partial charge in [-0.25, -0.2) is 0 Å². The number of ether oxygens (including phenoxy) is 3. The quantitative estimate of drug-likeness (QED) is 0.314. The van der Waals surface area contributed by atoms with Crippen LogP contribution in [0.3, 0.4) is 0 Å². The second kappa shape index (κ2) is 13.8. The van der Waals surface area contributed by atoms with Gasteiger partial charge in [0.05, 0.1) is 25.1 Å². The van der Waals surface area contributed by atoms with Crippen molar-refractivity contribution in [2.45, 2.75) is 60.8 Å². The summed E-state index contributed by atoms with van der Waals surface area (Å²) in [6, 6.07) is 7.92. The van der Waals surface area contributed by atoms with Gasteiger partial charge in [0.2, 0.25) is 0 Å². The van der Waals surface area contributed by atoms with Crippen LogP contribution in [0.5, 0.6) is 17.2 Å². The number of benzene rings is 2. The molecule has 0 saturated heterocycles. The van der Waals surface area contributed by atoms with Gasteiger partial charge in [0.1, 0.15) is 17.2 Å². The third kappa shape index (κ3) is 7.87. The summed E-state index contributed by atoms with van der Waals surface area (Å²) in [5.74, 6) is 2.09. The van der Waals surface area contributed by atoms with Crippen molar-refractivity contribution >= 4 is 38.3 Å². The largest absolute Gasteiger partial charge is 0.493 e. The van der Waals surface area contributed by atoms with Gasteiger partial charge in [-0.2, -0.15) is 0 Å². The molecule has 2 aromatic carbocycles.